The van der Waals surface area contributed by atoms with E-state index in [-0.39, 0.29) is 5.91 Å². The molecule has 1 N–H and O–H groups in total. The van der Waals surface area contributed by atoms with Gasteiger partial charge < -0.3 is 19.2 Å². The Bertz CT molecular complexity index is 1120. The Balaban J connectivity index is 1.82. The summed E-state index contributed by atoms with van der Waals surface area (Å²) in [5, 5.41) is 3.80. The maximum atomic E-state index is 12.5. The summed E-state index contributed by atoms with van der Waals surface area (Å²) in [6.45, 7) is 7.85. The lowest BCUT2D eigenvalue weighted by Gasteiger charge is -2.10. The van der Waals surface area contributed by atoms with E-state index in [1.54, 1.807) is 38.3 Å². The van der Waals surface area contributed by atoms with Crippen molar-refractivity contribution >= 4 is 34.1 Å². The van der Waals surface area contributed by atoms with E-state index in [9.17, 15) is 9.59 Å². The number of fused-ring (bicyclic) bond motifs is 1. The normalized spacial score (nSPS) is 11.4. The molecule has 0 saturated heterocycles. The lowest BCUT2D eigenvalue weighted by molar-refractivity contribution is -0.111. The molecular weight excluding hydrogens is 382 g/mol. The van der Waals surface area contributed by atoms with Crippen LogP contribution < -0.4 is 10.1 Å². The van der Waals surface area contributed by atoms with Gasteiger partial charge in [0.05, 0.1) is 19.3 Å². The molecule has 0 bridgehead atoms. The number of methoxy groups -OCH3 is 1. The smallest absolute Gasteiger partial charge is 0.338 e. The van der Waals surface area contributed by atoms with Crippen LogP contribution in [0.1, 0.15) is 41.1 Å². The highest BCUT2D eigenvalue weighted by atomic mass is 16.5. The van der Waals surface area contributed by atoms with Crippen molar-refractivity contribution < 1.29 is 23.5 Å². The third-order valence-corrected chi connectivity index (χ3v) is 4.93. The second-order valence-electron chi connectivity index (χ2n) is 6.95. The fraction of sp³-hybridized carbons (Fsp3) is 0.250. The highest BCUT2D eigenvalue weighted by Gasteiger charge is 2.14. The maximum absolute atomic E-state index is 12.5. The van der Waals surface area contributed by atoms with Crippen molar-refractivity contribution in [2.45, 2.75) is 27.7 Å². The standard InChI is InChI=1S/C24H25NO5/c1-6-29-24(27)17-7-9-18(10-8-17)25-23(26)11-14(2)19-12-20-15(3)16(4)30-22(20)13-21(19)28-5/h7-13H,6H2,1-5H3,(H,25,26)/b14-11+. The molecule has 6 heteroatoms. The van der Waals surface area contributed by atoms with Crippen molar-refractivity contribution in [1.82, 2.24) is 0 Å². The third kappa shape index (κ3) is 4.38. The molecule has 3 rings (SSSR count). The van der Waals surface area contributed by atoms with E-state index < -0.39 is 5.97 Å². The van der Waals surface area contributed by atoms with Crippen LogP contribution in [0, 0.1) is 13.8 Å². The predicted molar refractivity (Wildman–Crippen MR) is 117 cm³/mol. The topological polar surface area (TPSA) is 77.8 Å². The van der Waals surface area contributed by atoms with Crippen LogP contribution in [0.25, 0.3) is 16.5 Å². The minimum absolute atomic E-state index is 0.279. The number of esters is 1. The Kier molecular flexibility index (Phi) is 6.26. The Labute approximate surface area is 175 Å². The highest BCUT2D eigenvalue weighted by Crippen LogP contribution is 2.34. The molecule has 0 spiro atoms. The zero-order chi connectivity index (χ0) is 21.8. The number of aryl methyl sites for hydroxylation is 2. The van der Waals surface area contributed by atoms with Gasteiger partial charge in [0.25, 0.3) is 0 Å². The molecule has 0 unspecified atom stereocenters. The minimum atomic E-state index is -0.390. The predicted octanol–water partition coefficient (Wildman–Crippen LogP) is 5.28. The largest absolute Gasteiger partial charge is 0.496 e. The van der Waals surface area contributed by atoms with Gasteiger partial charge in [0.15, 0.2) is 0 Å². The number of anilines is 1. The number of carbonyl (C=O) groups excluding carboxylic acids is 2. The van der Waals surface area contributed by atoms with Gasteiger partial charge >= 0.3 is 5.97 Å². The fourth-order valence-corrected chi connectivity index (χ4v) is 3.20. The van der Waals surface area contributed by atoms with Crippen LogP contribution in [0.4, 0.5) is 5.69 Å². The summed E-state index contributed by atoms with van der Waals surface area (Å²) in [4.78, 5) is 24.2. The zero-order valence-corrected chi connectivity index (χ0v) is 17.8. The quantitative estimate of drug-likeness (QED) is 0.444. The summed E-state index contributed by atoms with van der Waals surface area (Å²) in [6.07, 6.45) is 1.52. The number of ether oxygens (including phenoxy) is 2. The average Bonchev–Trinajstić information content (AvgIpc) is 3.00. The molecule has 6 nitrogen and oxygen atoms in total. The molecule has 0 atom stereocenters. The first-order valence-corrected chi connectivity index (χ1v) is 9.68. The molecule has 0 aliphatic heterocycles. The van der Waals surface area contributed by atoms with Crippen molar-refractivity contribution in [3.63, 3.8) is 0 Å². The van der Waals surface area contributed by atoms with Gasteiger partial charge in [-0.3, -0.25) is 4.79 Å². The second-order valence-corrected chi connectivity index (χ2v) is 6.95. The van der Waals surface area contributed by atoms with E-state index >= 15 is 0 Å². The number of benzene rings is 2. The van der Waals surface area contributed by atoms with Crippen LogP contribution in [0.15, 0.2) is 46.9 Å². The molecule has 30 heavy (non-hydrogen) atoms. The number of rotatable bonds is 6. The van der Waals surface area contributed by atoms with Gasteiger partial charge in [-0.05, 0) is 69.2 Å². The van der Waals surface area contributed by atoms with Gasteiger partial charge in [0.1, 0.15) is 17.1 Å². The summed E-state index contributed by atoms with van der Waals surface area (Å²) in [5.74, 6) is 0.823. The zero-order valence-electron chi connectivity index (χ0n) is 17.8. The van der Waals surface area contributed by atoms with Crippen molar-refractivity contribution in [2.24, 2.45) is 0 Å². The fourth-order valence-electron chi connectivity index (χ4n) is 3.20. The minimum Gasteiger partial charge on any atom is -0.496 e. The monoisotopic (exact) mass is 407 g/mol. The Hall–Kier alpha value is -3.54. The molecule has 0 fully saturated rings. The Morgan fingerprint density at radius 1 is 1.13 bits per heavy atom. The Morgan fingerprint density at radius 2 is 1.83 bits per heavy atom. The van der Waals surface area contributed by atoms with Crippen LogP contribution in [0.5, 0.6) is 5.75 Å². The molecule has 156 valence electrons. The summed E-state index contributed by atoms with van der Waals surface area (Å²) < 4.78 is 16.2. The second kappa shape index (κ2) is 8.86. The van der Waals surface area contributed by atoms with Crippen LogP contribution in [0.2, 0.25) is 0 Å². The van der Waals surface area contributed by atoms with Gasteiger partial charge in [0.2, 0.25) is 5.91 Å². The number of amides is 1. The number of hydrogen-bond donors (Lipinski definition) is 1. The van der Waals surface area contributed by atoms with Crippen LogP contribution >= 0.6 is 0 Å². The van der Waals surface area contributed by atoms with E-state index in [0.29, 0.717) is 23.6 Å². The molecule has 2 aromatic carbocycles. The van der Waals surface area contributed by atoms with Crippen LogP contribution in [0.3, 0.4) is 0 Å². The first-order chi connectivity index (χ1) is 14.3. The number of nitrogens with one attached hydrogen (secondary N) is 1. The lowest BCUT2D eigenvalue weighted by atomic mass is 10.0. The number of carbonyl (C=O) groups is 2. The van der Waals surface area contributed by atoms with Crippen molar-refractivity contribution in [2.75, 3.05) is 19.0 Å². The average molecular weight is 407 g/mol. The van der Waals surface area contributed by atoms with Gasteiger partial charge in [-0.15, -0.1) is 0 Å². The van der Waals surface area contributed by atoms with Gasteiger partial charge in [-0.1, -0.05) is 0 Å². The highest BCUT2D eigenvalue weighted by molar-refractivity contribution is 6.05. The Morgan fingerprint density at radius 3 is 2.47 bits per heavy atom. The van der Waals surface area contributed by atoms with Gasteiger partial charge in [-0.25, -0.2) is 4.79 Å². The van der Waals surface area contributed by atoms with E-state index in [0.717, 1.165) is 33.4 Å². The molecule has 0 radical (unpaired) electrons. The number of furan rings is 1. The molecule has 1 amide bonds. The van der Waals surface area contributed by atoms with Crippen LogP contribution in [-0.2, 0) is 9.53 Å². The summed E-state index contributed by atoms with van der Waals surface area (Å²) >= 11 is 0. The molecular formula is C24H25NO5. The summed E-state index contributed by atoms with van der Waals surface area (Å²) in [5.41, 5.74) is 4.41. The number of hydrogen-bond acceptors (Lipinski definition) is 5. The van der Waals surface area contributed by atoms with Crippen molar-refractivity contribution in [3.8, 4) is 5.75 Å². The first kappa shape index (κ1) is 21.2. The molecule has 3 aromatic rings. The first-order valence-electron chi connectivity index (χ1n) is 9.68. The molecule has 1 aromatic heterocycles. The van der Waals surface area contributed by atoms with Crippen molar-refractivity contribution in [3.05, 3.63) is 64.9 Å². The molecule has 0 aliphatic rings. The maximum Gasteiger partial charge on any atom is 0.338 e. The summed E-state index contributed by atoms with van der Waals surface area (Å²) in [6, 6.07) is 10.4. The van der Waals surface area contributed by atoms with Crippen LogP contribution in [-0.4, -0.2) is 25.6 Å². The third-order valence-electron chi connectivity index (χ3n) is 4.93. The summed E-state index contributed by atoms with van der Waals surface area (Å²) in [7, 11) is 1.59. The molecule has 0 saturated carbocycles. The SMILES string of the molecule is CCOC(=O)c1ccc(NC(=O)/C=C(\C)c2cc3c(C)c(C)oc3cc2OC)cc1. The van der Waals surface area contributed by atoms with E-state index in [1.165, 1.54) is 6.08 Å². The van der Waals surface area contributed by atoms with Gasteiger partial charge in [-0.2, -0.15) is 0 Å². The van der Waals surface area contributed by atoms with Crippen molar-refractivity contribution in [1.29, 1.82) is 0 Å². The number of allylic oxidation sites excluding steroid dienone is 1. The van der Waals surface area contributed by atoms with E-state index in [1.807, 2.05) is 32.9 Å². The molecule has 0 aliphatic carbocycles. The van der Waals surface area contributed by atoms with E-state index in [4.69, 9.17) is 13.9 Å². The molecule has 1 heterocycles. The van der Waals surface area contributed by atoms with E-state index in [2.05, 4.69) is 5.32 Å². The van der Waals surface area contributed by atoms with Gasteiger partial charge in [0, 0.05) is 28.8 Å². The lowest BCUT2D eigenvalue weighted by Crippen LogP contribution is -2.09.